The summed E-state index contributed by atoms with van der Waals surface area (Å²) in [7, 11) is 0. The van der Waals surface area contributed by atoms with Crippen molar-refractivity contribution in [2.45, 2.75) is 45.8 Å². The van der Waals surface area contributed by atoms with Gasteiger partial charge in [-0.05, 0) is 32.6 Å². The fourth-order valence-corrected chi connectivity index (χ4v) is 2.61. The molecule has 0 amide bonds. The van der Waals surface area contributed by atoms with Gasteiger partial charge in [-0.1, -0.05) is 5.16 Å². The third-order valence-electron chi connectivity index (χ3n) is 3.51. The molecular formula is C13H17N3O2. The van der Waals surface area contributed by atoms with Crippen molar-refractivity contribution in [3.8, 4) is 0 Å². The van der Waals surface area contributed by atoms with Gasteiger partial charge in [0.2, 0.25) is 0 Å². The molecule has 1 aliphatic carbocycles. The van der Waals surface area contributed by atoms with Crippen molar-refractivity contribution >= 4 is 0 Å². The van der Waals surface area contributed by atoms with Crippen LogP contribution in [0.25, 0.3) is 0 Å². The number of rotatable bonds is 3. The van der Waals surface area contributed by atoms with Crippen LogP contribution in [0.4, 0.5) is 0 Å². The first-order chi connectivity index (χ1) is 8.78. The second kappa shape index (κ2) is 4.57. The number of fused-ring (bicyclic) bond motifs is 1. The highest BCUT2D eigenvalue weighted by atomic mass is 16.5. The van der Waals surface area contributed by atoms with Crippen LogP contribution in [0.15, 0.2) is 10.6 Å². The lowest BCUT2D eigenvalue weighted by Gasteiger charge is -2.13. The topological polar surface area (TPSA) is 64.1 Å². The normalized spacial score (nSPS) is 14.8. The van der Waals surface area contributed by atoms with Gasteiger partial charge in [-0.15, -0.1) is 0 Å². The highest BCUT2D eigenvalue weighted by Gasteiger charge is 2.18. The van der Waals surface area contributed by atoms with Gasteiger partial charge in [0, 0.05) is 11.8 Å². The summed E-state index contributed by atoms with van der Waals surface area (Å²) in [6, 6.07) is 1.80. The Morgan fingerprint density at radius 1 is 1.39 bits per heavy atom. The van der Waals surface area contributed by atoms with Gasteiger partial charge in [0.1, 0.15) is 18.1 Å². The van der Waals surface area contributed by atoms with Gasteiger partial charge in [0.15, 0.2) is 5.76 Å². The van der Waals surface area contributed by atoms with Crippen LogP contribution in [-0.4, -0.2) is 19.8 Å². The lowest BCUT2D eigenvalue weighted by Crippen LogP contribution is -2.10. The molecular weight excluding hydrogens is 230 g/mol. The SMILES string of the molecule is Cc1nc2c(n1Cc1cc(CO)on1)CCCC2. The molecule has 1 N–H and O–H groups in total. The Morgan fingerprint density at radius 2 is 2.22 bits per heavy atom. The average molecular weight is 247 g/mol. The molecule has 0 atom stereocenters. The summed E-state index contributed by atoms with van der Waals surface area (Å²) in [5, 5.41) is 12.9. The minimum Gasteiger partial charge on any atom is -0.388 e. The van der Waals surface area contributed by atoms with E-state index in [1.54, 1.807) is 6.07 Å². The van der Waals surface area contributed by atoms with Crippen LogP contribution in [0.1, 0.15) is 41.5 Å². The van der Waals surface area contributed by atoms with Crippen LogP contribution in [0.3, 0.4) is 0 Å². The van der Waals surface area contributed by atoms with E-state index in [1.807, 2.05) is 6.92 Å². The Balaban J connectivity index is 1.90. The number of hydrogen-bond acceptors (Lipinski definition) is 4. The lowest BCUT2D eigenvalue weighted by atomic mass is 10.0. The first-order valence-electron chi connectivity index (χ1n) is 6.38. The van der Waals surface area contributed by atoms with Crippen LogP contribution in [-0.2, 0) is 26.0 Å². The minimum absolute atomic E-state index is 0.103. The smallest absolute Gasteiger partial charge is 0.162 e. The zero-order valence-electron chi connectivity index (χ0n) is 10.5. The highest BCUT2D eigenvalue weighted by Crippen LogP contribution is 2.23. The molecule has 1 aliphatic rings. The van der Waals surface area contributed by atoms with Crippen LogP contribution in [0.2, 0.25) is 0 Å². The fourth-order valence-electron chi connectivity index (χ4n) is 2.61. The van der Waals surface area contributed by atoms with E-state index in [4.69, 9.17) is 9.63 Å². The third kappa shape index (κ3) is 1.95. The van der Waals surface area contributed by atoms with Crippen LogP contribution in [0.5, 0.6) is 0 Å². The Kier molecular flexibility index (Phi) is 2.91. The van der Waals surface area contributed by atoms with Crippen molar-refractivity contribution in [2.24, 2.45) is 0 Å². The molecule has 0 spiro atoms. The molecule has 96 valence electrons. The van der Waals surface area contributed by atoms with E-state index in [9.17, 15) is 0 Å². The number of aryl methyl sites for hydroxylation is 2. The first kappa shape index (κ1) is 11.5. The molecule has 5 heteroatoms. The Morgan fingerprint density at radius 3 is 3.00 bits per heavy atom. The summed E-state index contributed by atoms with van der Waals surface area (Å²) in [4.78, 5) is 4.63. The molecule has 0 bridgehead atoms. The maximum atomic E-state index is 8.97. The van der Waals surface area contributed by atoms with Gasteiger partial charge in [-0.25, -0.2) is 4.98 Å². The van der Waals surface area contributed by atoms with Crippen molar-refractivity contribution in [3.05, 3.63) is 34.7 Å². The van der Waals surface area contributed by atoms with Crippen molar-refractivity contribution in [3.63, 3.8) is 0 Å². The van der Waals surface area contributed by atoms with Crippen molar-refractivity contribution < 1.29 is 9.63 Å². The van der Waals surface area contributed by atoms with E-state index in [0.717, 1.165) is 24.4 Å². The molecule has 2 aromatic heterocycles. The summed E-state index contributed by atoms with van der Waals surface area (Å²) in [6.45, 7) is 2.61. The first-order valence-corrected chi connectivity index (χ1v) is 6.38. The molecule has 2 aromatic rings. The van der Waals surface area contributed by atoms with E-state index >= 15 is 0 Å². The summed E-state index contributed by atoms with van der Waals surface area (Å²) in [5.41, 5.74) is 3.42. The maximum Gasteiger partial charge on any atom is 0.162 e. The van der Waals surface area contributed by atoms with E-state index in [1.165, 1.54) is 24.2 Å². The Labute approximate surface area is 105 Å². The molecule has 3 rings (SSSR count). The van der Waals surface area contributed by atoms with Gasteiger partial charge in [0.05, 0.1) is 12.2 Å². The number of aliphatic hydroxyl groups is 1. The molecule has 18 heavy (non-hydrogen) atoms. The Hall–Kier alpha value is -1.62. The molecule has 0 saturated heterocycles. The van der Waals surface area contributed by atoms with Gasteiger partial charge < -0.3 is 14.2 Å². The van der Waals surface area contributed by atoms with E-state index in [2.05, 4.69) is 14.7 Å². The lowest BCUT2D eigenvalue weighted by molar-refractivity contribution is 0.228. The predicted molar refractivity (Wildman–Crippen MR) is 65.1 cm³/mol. The molecule has 0 radical (unpaired) electrons. The average Bonchev–Trinajstić information content (AvgIpc) is 2.96. The number of hydrogen-bond donors (Lipinski definition) is 1. The number of aliphatic hydroxyl groups excluding tert-OH is 1. The molecule has 0 saturated carbocycles. The molecule has 0 fully saturated rings. The van der Waals surface area contributed by atoms with Crippen LogP contribution >= 0.6 is 0 Å². The molecule has 0 aliphatic heterocycles. The number of nitrogens with zero attached hydrogens (tertiary/aromatic N) is 3. The van der Waals surface area contributed by atoms with Crippen molar-refractivity contribution in [2.75, 3.05) is 0 Å². The quantitative estimate of drug-likeness (QED) is 0.894. The number of imidazole rings is 1. The monoisotopic (exact) mass is 247 g/mol. The van der Waals surface area contributed by atoms with Gasteiger partial charge in [-0.3, -0.25) is 0 Å². The predicted octanol–water partition coefficient (Wildman–Crippen LogP) is 1.60. The third-order valence-corrected chi connectivity index (χ3v) is 3.51. The van der Waals surface area contributed by atoms with Gasteiger partial charge in [-0.2, -0.15) is 0 Å². The summed E-state index contributed by atoms with van der Waals surface area (Å²) in [5.74, 6) is 1.55. The molecule has 5 nitrogen and oxygen atoms in total. The van der Waals surface area contributed by atoms with Gasteiger partial charge >= 0.3 is 0 Å². The number of aromatic nitrogens is 3. The summed E-state index contributed by atoms with van der Waals surface area (Å²) in [6.07, 6.45) is 4.66. The summed E-state index contributed by atoms with van der Waals surface area (Å²) < 4.78 is 7.23. The zero-order valence-corrected chi connectivity index (χ0v) is 10.5. The van der Waals surface area contributed by atoms with Crippen molar-refractivity contribution in [1.82, 2.24) is 14.7 Å². The molecule has 2 heterocycles. The maximum absolute atomic E-state index is 8.97. The van der Waals surface area contributed by atoms with E-state index < -0.39 is 0 Å². The van der Waals surface area contributed by atoms with E-state index in [0.29, 0.717) is 12.3 Å². The standard InChI is InChI=1S/C13H17N3O2/c1-9-14-12-4-2-3-5-13(12)16(9)7-10-6-11(8-17)18-15-10/h6,17H,2-5,7-8H2,1H3. The molecule has 0 unspecified atom stereocenters. The van der Waals surface area contributed by atoms with Crippen LogP contribution < -0.4 is 0 Å². The van der Waals surface area contributed by atoms with Crippen molar-refractivity contribution in [1.29, 1.82) is 0 Å². The van der Waals surface area contributed by atoms with Crippen LogP contribution in [0, 0.1) is 6.92 Å². The van der Waals surface area contributed by atoms with E-state index in [-0.39, 0.29) is 6.61 Å². The largest absolute Gasteiger partial charge is 0.388 e. The fraction of sp³-hybridized carbons (Fsp3) is 0.538. The summed E-state index contributed by atoms with van der Waals surface area (Å²) >= 11 is 0. The highest BCUT2D eigenvalue weighted by molar-refractivity contribution is 5.21. The zero-order chi connectivity index (χ0) is 12.5. The minimum atomic E-state index is -0.103. The Bertz CT molecular complexity index is 557. The molecule has 0 aromatic carbocycles. The second-order valence-electron chi connectivity index (χ2n) is 4.79. The second-order valence-corrected chi connectivity index (χ2v) is 4.79. The van der Waals surface area contributed by atoms with Gasteiger partial charge in [0.25, 0.3) is 0 Å².